The fraction of sp³-hybridized carbons (Fsp3) is 0.333. The highest BCUT2D eigenvalue weighted by Gasteiger charge is 2.15. The van der Waals surface area contributed by atoms with Gasteiger partial charge < -0.3 is 5.32 Å². The van der Waals surface area contributed by atoms with Crippen molar-refractivity contribution in [2.24, 2.45) is 0 Å². The summed E-state index contributed by atoms with van der Waals surface area (Å²) in [5.41, 5.74) is 5.28. The highest BCUT2D eigenvalue weighted by molar-refractivity contribution is 5.98. The molecule has 3 aromatic rings. The first-order valence-corrected chi connectivity index (χ1v) is 10.5. The number of amides is 1. The molecule has 0 saturated carbocycles. The normalized spacial score (nSPS) is 14.0. The third-order valence-corrected chi connectivity index (χ3v) is 5.71. The minimum absolute atomic E-state index is 0.0309. The van der Waals surface area contributed by atoms with E-state index in [4.69, 9.17) is 0 Å². The van der Waals surface area contributed by atoms with Crippen molar-refractivity contribution in [3.8, 4) is 5.69 Å². The van der Waals surface area contributed by atoms with Gasteiger partial charge in [-0.3, -0.25) is 9.59 Å². The molecule has 30 heavy (non-hydrogen) atoms. The molecule has 0 bridgehead atoms. The number of rotatable bonds is 7. The fourth-order valence-corrected chi connectivity index (χ4v) is 3.94. The third-order valence-electron chi connectivity index (χ3n) is 5.71. The Morgan fingerprint density at radius 1 is 1.03 bits per heavy atom. The van der Waals surface area contributed by atoms with Gasteiger partial charge in [-0.15, -0.1) is 5.10 Å². The van der Waals surface area contributed by atoms with Gasteiger partial charge in [-0.1, -0.05) is 29.5 Å². The van der Waals surface area contributed by atoms with Gasteiger partial charge in [0.15, 0.2) is 5.78 Å². The summed E-state index contributed by atoms with van der Waals surface area (Å²) < 4.78 is 1.68. The lowest BCUT2D eigenvalue weighted by Crippen LogP contribution is -2.27. The van der Waals surface area contributed by atoms with E-state index in [9.17, 15) is 9.59 Å². The highest BCUT2D eigenvalue weighted by atomic mass is 16.2. The Bertz CT molecular complexity index is 1030. The molecule has 0 spiro atoms. The van der Waals surface area contributed by atoms with Gasteiger partial charge in [0.05, 0.1) is 24.1 Å². The van der Waals surface area contributed by atoms with Crippen LogP contribution in [0.1, 0.15) is 65.7 Å². The Labute approximate surface area is 176 Å². The Hall–Kier alpha value is -3.28. The van der Waals surface area contributed by atoms with Crippen molar-refractivity contribution >= 4 is 11.7 Å². The van der Waals surface area contributed by atoms with Crippen LogP contribution in [0.2, 0.25) is 0 Å². The van der Waals surface area contributed by atoms with E-state index in [1.54, 1.807) is 17.1 Å². The SMILES string of the molecule is CC(NC(=O)CCC(=O)c1ccc2c(c1)CCCC2)c1ccc(-n2ccnn2)cc1. The number of aryl methyl sites for hydroxylation is 2. The van der Waals surface area contributed by atoms with E-state index in [1.165, 1.54) is 24.0 Å². The molecule has 4 rings (SSSR count). The predicted molar refractivity (Wildman–Crippen MR) is 115 cm³/mol. The predicted octanol–water partition coefficient (Wildman–Crippen LogP) is 3.99. The lowest BCUT2D eigenvalue weighted by Gasteiger charge is -2.16. The van der Waals surface area contributed by atoms with E-state index in [0.29, 0.717) is 0 Å². The molecule has 6 heteroatoms. The molecule has 6 nitrogen and oxygen atoms in total. The number of Topliss-reactive ketones (excluding diaryl/α,β-unsaturated/α-hetero) is 1. The second kappa shape index (κ2) is 9.03. The van der Waals surface area contributed by atoms with Crippen molar-refractivity contribution in [2.75, 3.05) is 0 Å². The number of hydrogen-bond donors (Lipinski definition) is 1. The van der Waals surface area contributed by atoms with Gasteiger partial charge in [0.25, 0.3) is 0 Å². The van der Waals surface area contributed by atoms with Crippen molar-refractivity contribution in [1.29, 1.82) is 0 Å². The Balaban J connectivity index is 1.29. The molecular formula is C24H26N4O2. The van der Waals surface area contributed by atoms with E-state index in [2.05, 4.69) is 21.7 Å². The standard InChI is InChI=1S/C24H26N4O2/c1-17(18-8-10-22(11-9-18)28-15-14-25-27-28)26-24(30)13-12-23(29)21-7-6-19-4-2-3-5-20(19)16-21/h6-11,14-17H,2-5,12-13H2,1H3,(H,26,30). The van der Waals surface area contributed by atoms with Gasteiger partial charge in [0.2, 0.25) is 5.91 Å². The molecule has 0 fully saturated rings. The third kappa shape index (κ3) is 4.64. The smallest absolute Gasteiger partial charge is 0.220 e. The first-order chi connectivity index (χ1) is 14.6. The van der Waals surface area contributed by atoms with Crippen LogP contribution < -0.4 is 5.32 Å². The number of carbonyl (C=O) groups is 2. The topological polar surface area (TPSA) is 76.9 Å². The quantitative estimate of drug-likeness (QED) is 0.606. The highest BCUT2D eigenvalue weighted by Crippen LogP contribution is 2.23. The fourth-order valence-electron chi connectivity index (χ4n) is 3.94. The Kier molecular flexibility index (Phi) is 6.02. The summed E-state index contributed by atoms with van der Waals surface area (Å²) in [6.45, 7) is 1.94. The number of fused-ring (bicyclic) bond motifs is 1. The van der Waals surface area contributed by atoms with Crippen LogP contribution in [-0.2, 0) is 17.6 Å². The monoisotopic (exact) mass is 402 g/mol. The van der Waals surface area contributed by atoms with Crippen LogP contribution in [0, 0.1) is 0 Å². The molecule has 0 radical (unpaired) electrons. The maximum atomic E-state index is 12.5. The molecule has 1 aromatic heterocycles. The Morgan fingerprint density at radius 3 is 2.53 bits per heavy atom. The summed E-state index contributed by atoms with van der Waals surface area (Å²) >= 11 is 0. The molecule has 2 aromatic carbocycles. The van der Waals surface area contributed by atoms with Crippen LogP contribution in [0.5, 0.6) is 0 Å². The first-order valence-electron chi connectivity index (χ1n) is 10.5. The number of nitrogens with zero attached hydrogens (tertiary/aromatic N) is 3. The van der Waals surface area contributed by atoms with Crippen LogP contribution in [0.4, 0.5) is 0 Å². The molecule has 1 aliphatic rings. The van der Waals surface area contributed by atoms with E-state index in [-0.39, 0.29) is 30.6 Å². The maximum Gasteiger partial charge on any atom is 0.220 e. The van der Waals surface area contributed by atoms with E-state index in [0.717, 1.165) is 29.7 Å². The molecule has 1 unspecified atom stereocenters. The van der Waals surface area contributed by atoms with Gasteiger partial charge in [-0.2, -0.15) is 0 Å². The first kappa shape index (κ1) is 20.0. The van der Waals surface area contributed by atoms with Crippen molar-refractivity contribution in [2.45, 2.75) is 51.5 Å². The van der Waals surface area contributed by atoms with Crippen molar-refractivity contribution < 1.29 is 9.59 Å². The minimum atomic E-state index is -0.138. The number of ketones is 1. The average molecular weight is 402 g/mol. The second-order valence-corrected chi connectivity index (χ2v) is 7.84. The molecule has 0 aliphatic heterocycles. The molecule has 1 N–H and O–H groups in total. The second-order valence-electron chi connectivity index (χ2n) is 7.84. The maximum absolute atomic E-state index is 12.5. The van der Waals surface area contributed by atoms with Crippen LogP contribution in [0.15, 0.2) is 54.9 Å². The summed E-state index contributed by atoms with van der Waals surface area (Å²) in [6.07, 6.45) is 8.38. The lowest BCUT2D eigenvalue weighted by atomic mass is 9.89. The molecular weight excluding hydrogens is 376 g/mol. The summed E-state index contributed by atoms with van der Waals surface area (Å²) in [7, 11) is 0. The van der Waals surface area contributed by atoms with Gasteiger partial charge >= 0.3 is 0 Å². The van der Waals surface area contributed by atoms with Gasteiger partial charge in [-0.25, -0.2) is 4.68 Å². The van der Waals surface area contributed by atoms with Gasteiger partial charge in [0.1, 0.15) is 0 Å². The number of benzene rings is 2. The van der Waals surface area contributed by atoms with E-state index >= 15 is 0 Å². The minimum Gasteiger partial charge on any atom is -0.350 e. The number of hydrogen-bond acceptors (Lipinski definition) is 4. The number of carbonyl (C=O) groups excluding carboxylic acids is 2. The summed E-state index contributed by atoms with van der Waals surface area (Å²) in [5.74, 6) is -0.0856. The number of aromatic nitrogens is 3. The van der Waals surface area contributed by atoms with Crippen molar-refractivity contribution in [3.05, 3.63) is 77.1 Å². The molecule has 1 heterocycles. The van der Waals surface area contributed by atoms with Crippen molar-refractivity contribution in [3.63, 3.8) is 0 Å². The number of nitrogens with one attached hydrogen (secondary N) is 1. The zero-order valence-electron chi connectivity index (χ0n) is 17.2. The van der Waals surface area contributed by atoms with E-state index < -0.39 is 0 Å². The zero-order chi connectivity index (χ0) is 20.9. The van der Waals surface area contributed by atoms with E-state index in [1.807, 2.05) is 43.3 Å². The molecule has 1 atom stereocenters. The molecule has 1 aliphatic carbocycles. The summed E-state index contributed by atoms with van der Waals surface area (Å²) in [6, 6.07) is 13.7. The zero-order valence-corrected chi connectivity index (χ0v) is 17.2. The van der Waals surface area contributed by atoms with Gasteiger partial charge in [0, 0.05) is 18.4 Å². The van der Waals surface area contributed by atoms with Crippen LogP contribution in [0.25, 0.3) is 5.69 Å². The molecule has 0 saturated heterocycles. The van der Waals surface area contributed by atoms with Gasteiger partial charge in [-0.05, 0) is 67.5 Å². The van der Waals surface area contributed by atoms with Crippen LogP contribution in [0.3, 0.4) is 0 Å². The van der Waals surface area contributed by atoms with Crippen LogP contribution >= 0.6 is 0 Å². The summed E-state index contributed by atoms with van der Waals surface area (Å²) in [5, 5.41) is 10.7. The average Bonchev–Trinajstić information content (AvgIpc) is 3.32. The summed E-state index contributed by atoms with van der Waals surface area (Å²) in [4.78, 5) is 24.9. The largest absolute Gasteiger partial charge is 0.350 e. The molecule has 1 amide bonds. The Morgan fingerprint density at radius 2 is 1.80 bits per heavy atom. The lowest BCUT2D eigenvalue weighted by molar-refractivity contribution is -0.121. The van der Waals surface area contributed by atoms with Crippen molar-refractivity contribution in [1.82, 2.24) is 20.3 Å². The molecule has 154 valence electrons. The van der Waals surface area contributed by atoms with Crippen LogP contribution in [-0.4, -0.2) is 26.7 Å².